The molecule has 4 heterocycles. The van der Waals surface area contributed by atoms with Crippen LogP contribution in [0.5, 0.6) is 51.7 Å². The summed E-state index contributed by atoms with van der Waals surface area (Å²) in [5, 5.41) is 34.2. The fourth-order valence-electron chi connectivity index (χ4n) is 13.6. The Hall–Kier alpha value is -9.62. The highest BCUT2D eigenvalue weighted by atomic mass is 79.9. The van der Waals surface area contributed by atoms with Crippen LogP contribution in [0.2, 0.25) is 0 Å². The number of alkyl halides is 2. The van der Waals surface area contributed by atoms with E-state index in [1.807, 2.05) is 92.4 Å². The summed E-state index contributed by atoms with van der Waals surface area (Å²) in [5.41, 5.74) is 16.4. The largest absolute Gasteiger partial charge is 0.493 e. The van der Waals surface area contributed by atoms with Crippen molar-refractivity contribution in [3.05, 3.63) is 235 Å². The van der Waals surface area contributed by atoms with Crippen LogP contribution in [0.4, 0.5) is 0 Å². The summed E-state index contributed by atoms with van der Waals surface area (Å²) in [6.07, 6.45) is 9.42. The molecule has 0 fully saturated rings. The van der Waals surface area contributed by atoms with E-state index < -0.39 is 23.1 Å². The Morgan fingerprint density at radius 2 is 0.790 bits per heavy atom. The fraction of sp³-hybridized carbons (Fsp3) is 0.306. The normalized spacial score (nSPS) is 13.6. The molecule has 0 bridgehead atoms. The number of methoxy groups -OCH3 is 9. The third-order valence-electron chi connectivity index (χ3n) is 19.0. The van der Waals surface area contributed by atoms with Gasteiger partial charge in [0, 0.05) is 52.9 Å². The minimum Gasteiger partial charge on any atom is -0.493 e. The van der Waals surface area contributed by atoms with Crippen LogP contribution in [-0.2, 0) is 41.4 Å². The Labute approximate surface area is 734 Å². The third kappa shape index (κ3) is 22.5. The maximum Gasteiger partial charge on any atom is 0.345 e. The van der Waals surface area contributed by atoms with E-state index in [0.717, 1.165) is 105 Å². The average molecular weight is 1890 g/mol. The first-order valence-corrected chi connectivity index (χ1v) is 45.1. The van der Waals surface area contributed by atoms with Gasteiger partial charge in [-0.05, 0) is 217 Å². The number of fused-ring (bicyclic) bond motifs is 9. The maximum absolute atomic E-state index is 13.2. The van der Waals surface area contributed by atoms with Gasteiger partial charge in [0.2, 0.25) is 17.2 Å². The molecule has 4 aromatic heterocycles. The van der Waals surface area contributed by atoms with Crippen molar-refractivity contribution < 1.29 is 81.9 Å². The summed E-state index contributed by atoms with van der Waals surface area (Å²) >= 11 is 16.0. The number of carboxylic acids is 2. The zero-order valence-electron chi connectivity index (χ0n) is 66.4. The molecular formula is C85H90Br2N4O21S7. The van der Waals surface area contributed by atoms with Gasteiger partial charge in [0.05, 0.1) is 101 Å². The van der Waals surface area contributed by atoms with Crippen molar-refractivity contribution in [3.8, 4) is 85.1 Å². The number of thiophene rings is 4. The quantitative estimate of drug-likeness (QED) is 0.0172. The van der Waals surface area contributed by atoms with Gasteiger partial charge in [-0.15, -0.1) is 90.7 Å². The first-order chi connectivity index (χ1) is 56.7. The van der Waals surface area contributed by atoms with Crippen LogP contribution in [0.15, 0.2) is 150 Å². The van der Waals surface area contributed by atoms with Crippen LogP contribution < -0.4 is 75.3 Å². The number of nitrogens with one attached hydrogen (secondary N) is 2. The number of carbonyl (C=O) groups excluding carboxylic acids is 2. The molecule has 3 aliphatic carbocycles. The van der Waals surface area contributed by atoms with Crippen LogP contribution in [0.3, 0.4) is 0 Å². The Morgan fingerprint density at radius 1 is 0.462 bits per heavy atom. The predicted molar refractivity (Wildman–Crippen MR) is 481 cm³/mol. The summed E-state index contributed by atoms with van der Waals surface area (Å²) in [6.45, 7) is 1.65. The number of carbonyl (C=O) groups is 4. The highest BCUT2D eigenvalue weighted by Crippen LogP contribution is 2.54. The summed E-state index contributed by atoms with van der Waals surface area (Å²) in [5.74, 6) is 2.59. The van der Waals surface area contributed by atoms with Gasteiger partial charge in [0.15, 0.2) is 50.8 Å². The summed E-state index contributed by atoms with van der Waals surface area (Å²) in [4.78, 5) is 108. The Bertz CT molecular complexity index is 5540. The van der Waals surface area contributed by atoms with Gasteiger partial charge < -0.3 is 74.0 Å². The Balaban J connectivity index is 0.000000201. The van der Waals surface area contributed by atoms with Gasteiger partial charge in [0.25, 0.3) is 16.9 Å². The average Bonchev–Trinajstić information content (AvgIpc) is 1.68. The van der Waals surface area contributed by atoms with E-state index in [2.05, 4.69) is 47.3 Å². The number of aromatic carboxylic acids is 2. The van der Waals surface area contributed by atoms with Crippen molar-refractivity contribution in [1.82, 2.24) is 10.6 Å². The number of benzene rings is 3. The maximum atomic E-state index is 13.2. The zero-order valence-corrected chi connectivity index (χ0v) is 75.3. The van der Waals surface area contributed by atoms with Crippen molar-refractivity contribution in [2.75, 3.05) is 82.8 Å². The highest BCUT2D eigenvalue weighted by molar-refractivity contribution is 9.08. The molecule has 10 aromatic rings. The molecule has 13 rings (SSSR count). The molecule has 0 saturated carbocycles. The van der Waals surface area contributed by atoms with Crippen molar-refractivity contribution in [1.29, 1.82) is 0 Å². The highest BCUT2D eigenvalue weighted by Gasteiger charge is 2.34. The number of carboxylic acid groups (broad SMARTS) is 2. The molecule has 119 heavy (non-hydrogen) atoms. The molecule has 25 nitrogen and oxygen atoms in total. The zero-order chi connectivity index (χ0) is 85.8. The first kappa shape index (κ1) is 94.9. The minimum atomic E-state index is -0.874. The van der Waals surface area contributed by atoms with Crippen molar-refractivity contribution in [2.24, 2.45) is 5.73 Å². The summed E-state index contributed by atoms with van der Waals surface area (Å²) < 4.78 is 50.8. The van der Waals surface area contributed by atoms with Crippen LogP contribution in [0.25, 0.3) is 33.4 Å². The van der Waals surface area contributed by atoms with E-state index in [1.165, 1.54) is 76.4 Å². The number of rotatable bonds is 23. The number of hydrogen-bond acceptors (Lipinski definition) is 27. The molecule has 3 aliphatic rings. The smallest absolute Gasteiger partial charge is 0.345 e. The van der Waals surface area contributed by atoms with Gasteiger partial charge >= 0.3 is 11.9 Å². The second-order valence-electron chi connectivity index (χ2n) is 25.7. The number of nitrogens with zero attached hydrogens (tertiary/aromatic N) is 1. The predicted octanol–water partition coefficient (Wildman–Crippen LogP) is 18.6. The molecule has 632 valence electrons. The Morgan fingerprint density at radius 3 is 1.10 bits per heavy atom. The van der Waals surface area contributed by atoms with Crippen LogP contribution in [0, 0.1) is 17.0 Å². The molecule has 0 saturated heterocycles. The second kappa shape index (κ2) is 44.6. The molecule has 3 atom stereocenters. The van der Waals surface area contributed by atoms with Crippen LogP contribution in [-0.4, -0.2) is 122 Å². The van der Waals surface area contributed by atoms with Gasteiger partial charge in [-0.2, -0.15) is 0 Å². The van der Waals surface area contributed by atoms with E-state index in [-0.39, 0.29) is 54.2 Å². The van der Waals surface area contributed by atoms with Crippen LogP contribution in [0.1, 0.15) is 136 Å². The van der Waals surface area contributed by atoms with Gasteiger partial charge in [-0.3, -0.25) is 24.0 Å². The van der Waals surface area contributed by atoms with E-state index in [0.29, 0.717) is 127 Å². The molecule has 6 aromatic carbocycles. The fourth-order valence-corrected chi connectivity index (χ4v) is 19.0. The monoisotopic (exact) mass is 1880 g/mol. The summed E-state index contributed by atoms with van der Waals surface area (Å²) in [7, 11) is 14.2. The molecule has 0 spiro atoms. The van der Waals surface area contributed by atoms with Gasteiger partial charge in [-0.25, -0.2) is 9.59 Å². The van der Waals surface area contributed by atoms with Gasteiger partial charge in [0.1, 0.15) is 16.4 Å². The molecule has 34 heteroatoms. The molecule has 0 aliphatic heterocycles. The molecule has 6 N–H and O–H groups in total. The Kier molecular flexibility index (Phi) is 35.6. The molecule has 0 radical (unpaired) electrons. The van der Waals surface area contributed by atoms with E-state index >= 15 is 0 Å². The number of halogens is 2. The number of aryl methyl sites for hydroxylation is 4. The van der Waals surface area contributed by atoms with E-state index in [4.69, 9.17) is 58.6 Å². The van der Waals surface area contributed by atoms with Gasteiger partial charge in [-0.1, -0.05) is 57.5 Å². The lowest BCUT2D eigenvalue weighted by Crippen LogP contribution is -2.28. The first-order valence-electron chi connectivity index (χ1n) is 35.9. The van der Waals surface area contributed by atoms with Crippen molar-refractivity contribution in [2.45, 2.75) is 103 Å². The van der Waals surface area contributed by atoms with Crippen molar-refractivity contribution >= 4 is 136 Å². The number of hydrogen-bond donors (Lipinski definition) is 5. The number of nitrogens with two attached hydrogens (primary N) is 1. The van der Waals surface area contributed by atoms with Crippen LogP contribution >= 0.6 is 112 Å². The standard InChI is InChI=1S/C26H26BrNO5S2.C26H26N2O8S2.C20H23NO4S.C6H5BrO2S.C6H6O2S.CH4/c1-31-20-11-14-5-8-18(28-26(30)22-9-6-15(13-27)35-22)17-12-19(29)21(34-4)10-7-16(17)23(14)25(33-3)24(20)32-2;1-33-20-11-14-5-8-18(27-26(30)22-9-6-15(38-22)13-36-28(31)32)17-12-19(29)21(37-4)10-7-16(17)23(14)25(35-3)24(20)34-2;1-23-16-9-11-5-7-14(21)13-10-15(22)17(26-4)8-6-12(13)18(11)20(25-3)19(16)24-2;7-3-4-1-2-5(10-4)6(8)9;1-4-2-3-5(9-4)6(7)8;/h6-7,9-12,18H,5,8,13H2,1-4H3,(H,28,30);6-7,9-12,18H,5,8,13H2,1-4H3,(H,27,30);6,8-10,14H,5,7,21H2,1-4H3;1-2H,3H2,(H,8,9);2-3H,1H3,(H,7,8);1H4/t2*18-;14-;;;/m000.../s1. The van der Waals surface area contributed by atoms with E-state index in [1.54, 1.807) is 111 Å². The topological polar surface area (TPSA) is 345 Å². The van der Waals surface area contributed by atoms with Crippen molar-refractivity contribution in [3.63, 3.8) is 0 Å². The third-order valence-corrected chi connectivity index (χ3v) is 27.5. The molecular weight excluding hydrogens is 1800 g/mol. The lowest BCUT2D eigenvalue weighted by atomic mass is 9.95. The number of amides is 2. The summed E-state index contributed by atoms with van der Waals surface area (Å²) in [6, 6.07) is 34.7. The number of ether oxygens (including phenoxy) is 9. The molecule has 0 unspecified atom stereocenters. The second-order valence-corrected chi connectivity index (χ2v) is 34.2. The SMILES string of the molecule is C.COc1cc2c(c(OC)c1OC)-c1ccc(SC)c(=O)cc1[C@@H](N)CC2.COc1cc2c(c(OC)c1OC)-c1ccc(SC)c(=O)cc1[C@@H](NC(=O)c1ccc(CBr)s1)CC2.COc1cc2c(c(OC)c1OC)-c1ccc(SC)c(=O)cc1[C@@H](NC(=O)c1ccc(CO[N+](=O)[O-])s1)CC2.Cc1ccc(C(=O)O)s1.O=C(O)c1ccc(CBr)s1. The molecule has 2 amide bonds. The van der Waals surface area contributed by atoms with E-state index in [9.17, 15) is 43.7 Å². The minimum absolute atomic E-state index is 0. The lowest BCUT2D eigenvalue weighted by molar-refractivity contribution is -0.762. The number of thioether (sulfide) groups is 3. The lowest BCUT2D eigenvalue weighted by Gasteiger charge is -2.20.